The lowest BCUT2D eigenvalue weighted by molar-refractivity contribution is 0.0921. The molecule has 0 unspecified atom stereocenters. The van der Waals surface area contributed by atoms with E-state index in [9.17, 15) is 4.79 Å². The predicted octanol–water partition coefficient (Wildman–Crippen LogP) is 4.20. The summed E-state index contributed by atoms with van der Waals surface area (Å²) >= 11 is 0. The highest BCUT2D eigenvalue weighted by molar-refractivity contribution is 5.91. The van der Waals surface area contributed by atoms with Gasteiger partial charge in [0, 0.05) is 18.5 Å². The summed E-state index contributed by atoms with van der Waals surface area (Å²) in [5.74, 6) is 2.38. The molecule has 1 aromatic carbocycles. The minimum absolute atomic E-state index is 0.207. The Labute approximate surface area is 137 Å². The molecule has 0 bridgehead atoms. The van der Waals surface area contributed by atoms with Gasteiger partial charge < -0.3 is 14.5 Å². The summed E-state index contributed by atoms with van der Waals surface area (Å²) in [4.78, 5) is 12.1. The topological polar surface area (TPSA) is 51.5 Å². The normalized spacial score (nSPS) is 10.8. The van der Waals surface area contributed by atoms with Crippen molar-refractivity contribution in [1.82, 2.24) is 5.32 Å². The molecule has 4 heteroatoms. The van der Waals surface area contributed by atoms with Gasteiger partial charge in [-0.1, -0.05) is 39.0 Å². The van der Waals surface area contributed by atoms with E-state index in [0.717, 1.165) is 29.9 Å². The maximum atomic E-state index is 12.1. The Balaban J connectivity index is 1.93. The van der Waals surface area contributed by atoms with Crippen LogP contribution in [0.4, 0.5) is 0 Å². The molecule has 4 nitrogen and oxygen atoms in total. The van der Waals surface area contributed by atoms with E-state index in [1.165, 1.54) is 0 Å². The Morgan fingerprint density at radius 1 is 1.22 bits per heavy atom. The van der Waals surface area contributed by atoms with E-state index in [1.54, 1.807) is 6.07 Å². The van der Waals surface area contributed by atoms with E-state index in [4.69, 9.17) is 9.15 Å². The van der Waals surface area contributed by atoms with Crippen LogP contribution in [0.15, 0.2) is 40.8 Å². The van der Waals surface area contributed by atoms with Crippen LogP contribution in [0.5, 0.6) is 5.75 Å². The van der Waals surface area contributed by atoms with Crippen LogP contribution in [-0.4, -0.2) is 12.5 Å². The van der Waals surface area contributed by atoms with Gasteiger partial charge in [-0.05, 0) is 30.5 Å². The summed E-state index contributed by atoms with van der Waals surface area (Å²) in [5, 5.41) is 2.88. The Kier molecular flexibility index (Phi) is 6.27. The van der Waals surface area contributed by atoms with Gasteiger partial charge in [0.25, 0.3) is 5.91 Å². The van der Waals surface area contributed by atoms with Gasteiger partial charge in [0.1, 0.15) is 11.5 Å². The zero-order chi connectivity index (χ0) is 16.7. The van der Waals surface area contributed by atoms with Crippen LogP contribution >= 0.6 is 0 Å². The molecule has 0 atom stereocenters. The number of hydrogen-bond donors (Lipinski definition) is 1. The second-order valence-electron chi connectivity index (χ2n) is 5.94. The van der Waals surface area contributed by atoms with Crippen molar-refractivity contribution in [2.75, 3.05) is 6.61 Å². The van der Waals surface area contributed by atoms with E-state index < -0.39 is 0 Å². The lowest BCUT2D eigenvalue weighted by atomic mass is 10.1. The van der Waals surface area contributed by atoms with Gasteiger partial charge in [0.2, 0.25) is 0 Å². The van der Waals surface area contributed by atoms with Gasteiger partial charge in [-0.2, -0.15) is 0 Å². The number of carbonyl (C=O) groups excluding carboxylic acids is 1. The van der Waals surface area contributed by atoms with Crippen molar-refractivity contribution < 1.29 is 13.9 Å². The molecule has 1 heterocycles. The number of benzene rings is 1. The fourth-order valence-corrected chi connectivity index (χ4v) is 2.15. The Morgan fingerprint density at radius 2 is 2.00 bits per heavy atom. The van der Waals surface area contributed by atoms with E-state index in [-0.39, 0.29) is 5.91 Å². The van der Waals surface area contributed by atoms with E-state index in [1.807, 2.05) is 37.3 Å². The molecular formula is C19H25NO3. The second kappa shape index (κ2) is 8.42. The first kappa shape index (κ1) is 17.1. The number of ether oxygens (including phenoxy) is 1. The molecule has 0 spiro atoms. The average molecular weight is 315 g/mol. The third-order valence-electron chi connectivity index (χ3n) is 3.60. The van der Waals surface area contributed by atoms with Crippen molar-refractivity contribution in [3.63, 3.8) is 0 Å². The average Bonchev–Trinajstić information content (AvgIpc) is 3.02. The van der Waals surface area contributed by atoms with Crippen LogP contribution in [0, 0.1) is 5.92 Å². The van der Waals surface area contributed by atoms with Crippen molar-refractivity contribution >= 4 is 5.91 Å². The molecular weight excluding hydrogens is 290 g/mol. The van der Waals surface area contributed by atoms with Crippen molar-refractivity contribution in [2.45, 2.75) is 40.2 Å². The first-order valence-electron chi connectivity index (χ1n) is 8.17. The summed E-state index contributed by atoms with van der Waals surface area (Å²) in [6.45, 7) is 7.43. The zero-order valence-electron chi connectivity index (χ0n) is 14.1. The maximum Gasteiger partial charge on any atom is 0.287 e. The standard InChI is InChI=1S/C19H25NO3/c1-4-16-9-10-18(23-16)19(21)20-13-15-7-5-6-8-17(15)22-12-11-14(2)3/h5-10,14H,4,11-13H2,1-3H3,(H,20,21). The minimum Gasteiger partial charge on any atom is -0.493 e. The van der Waals surface area contributed by atoms with Gasteiger partial charge >= 0.3 is 0 Å². The summed E-state index contributed by atoms with van der Waals surface area (Å²) in [7, 11) is 0. The number of nitrogens with one attached hydrogen (secondary N) is 1. The molecule has 1 aromatic heterocycles. The number of carbonyl (C=O) groups is 1. The number of furan rings is 1. The monoisotopic (exact) mass is 315 g/mol. The minimum atomic E-state index is -0.207. The predicted molar refractivity (Wildman–Crippen MR) is 90.6 cm³/mol. The van der Waals surface area contributed by atoms with Crippen molar-refractivity contribution in [3.05, 3.63) is 53.5 Å². The third-order valence-corrected chi connectivity index (χ3v) is 3.60. The first-order valence-corrected chi connectivity index (χ1v) is 8.17. The Hall–Kier alpha value is -2.23. The Bertz CT molecular complexity index is 631. The fourth-order valence-electron chi connectivity index (χ4n) is 2.15. The lowest BCUT2D eigenvalue weighted by Gasteiger charge is -2.12. The summed E-state index contributed by atoms with van der Waals surface area (Å²) in [5.41, 5.74) is 0.965. The van der Waals surface area contributed by atoms with E-state index in [0.29, 0.717) is 24.8 Å². The van der Waals surface area contributed by atoms with E-state index in [2.05, 4.69) is 19.2 Å². The zero-order valence-corrected chi connectivity index (χ0v) is 14.1. The van der Waals surface area contributed by atoms with Crippen molar-refractivity contribution in [2.24, 2.45) is 5.92 Å². The van der Waals surface area contributed by atoms with Gasteiger partial charge in [-0.25, -0.2) is 0 Å². The largest absolute Gasteiger partial charge is 0.493 e. The molecule has 0 saturated heterocycles. The molecule has 0 aliphatic carbocycles. The molecule has 23 heavy (non-hydrogen) atoms. The van der Waals surface area contributed by atoms with Crippen molar-refractivity contribution in [1.29, 1.82) is 0 Å². The van der Waals surface area contributed by atoms with Crippen LogP contribution in [0.25, 0.3) is 0 Å². The van der Waals surface area contributed by atoms with E-state index >= 15 is 0 Å². The third kappa shape index (κ3) is 5.16. The highest BCUT2D eigenvalue weighted by atomic mass is 16.5. The number of hydrogen-bond acceptors (Lipinski definition) is 3. The number of para-hydroxylation sites is 1. The molecule has 2 rings (SSSR count). The molecule has 0 radical (unpaired) electrons. The van der Waals surface area contributed by atoms with Gasteiger partial charge in [-0.3, -0.25) is 4.79 Å². The van der Waals surface area contributed by atoms with Crippen LogP contribution in [0.2, 0.25) is 0 Å². The second-order valence-corrected chi connectivity index (χ2v) is 5.94. The molecule has 0 aliphatic rings. The fraction of sp³-hybridized carbons (Fsp3) is 0.421. The van der Waals surface area contributed by atoms with Crippen LogP contribution < -0.4 is 10.1 Å². The first-order chi connectivity index (χ1) is 11.1. The van der Waals surface area contributed by atoms with Gasteiger partial charge in [0.05, 0.1) is 6.61 Å². The molecule has 1 amide bonds. The highest BCUT2D eigenvalue weighted by Gasteiger charge is 2.11. The smallest absolute Gasteiger partial charge is 0.287 e. The van der Waals surface area contributed by atoms with Crippen LogP contribution in [0.1, 0.15) is 49.1 Å². The summed E-state index contributed by atoms with van der Waals surface area (Å²) < 4.78 is 11.3. The number of amides is 1. The highest BCUT2D eigenvalue weighted by Crippen LogP contribution is 2.19. The number of aryl methyl sites for hydroxylation is 1. The SMILES string of the molecule is CCc1ccc(C(=O)NCc2ccccc2OCCC(C)C)o1. The van der Waals surface area contributed by atoms with Crippen LogP contribution in [-0.2, 0) is 13.0 Å². The summed E-state index contributed by atoms with van der Waals surface area (Å²) in [6.07, 6.45) is 1.78. The maximum absolute atomic E-state index is 12.1. The molecule has 0 aliphatic heterocycles. The summed E-state index contributed by atoms with van der Waals surface area (Å²) in [6, 6.07) is 11.3. The van der Waals surface area contributed by atoms with Crippen LogP contribution in [0.3, 0.4) is 0 Å². The molecule has 1 N–H and O–H groups in total. The molecule has 0 saturated carbocycles. The van der Waals surface area contributed by atoms with Crippen molar-refractivity contribution in [3.8, 4) is 5.75 Å². The lowest BCUT2D eigenvalue weighted by Crippen LogP contribution is -2.22. The Morgan fingerprint density at radius 3 is 2.70 bits per heavy atom. The molecule has 2 aromatic rings. The van der Waals surface area contributed by atoms with Gasteiger partial charge in [0.15, 0.2) is 5.76 Å². The quantitative estimate of drug-likeness (QED) is 0.794. The molecule has 0 fully saturated rings. The molecule has 124 valence electrons. The van der Waals surface area contributed by atoms with Gasteiger partial charge in [-0.15, -0.1) is 0 Å². The number of rotatable bonds is 8.